The molecule has 1 rings (SSSR count). The third-order valence-corrected chi connectivity index (χ3v) is 2.30. The SMILES string of the molecule is CCN(CC(C)CN)c1ncc[nH]c1=O. The Hall–Kier alpha value is -1.36. The predicted octanol–water partition coefficient (Wildman–Crippen LogP) is 0.191. The molecule has 0 aliphatic carbocycles. The van der Waals surface area contributed by atoms with E-state index in [1.165, 1.54) is 6.20 Å². The molecule has 0 fully saturated rings. The summed E-state index contributed by atoms with van der Waals surface area (Å²) in [7, 11) is 0. The summed E-state index contributed by atoms with van der Waals surface area (Å²) in [6.07, 6.45) is 3.12. The number of hydrogen-bond acceptors (Lipinski definition) is 4. The van der Waals surface area contributed by atoms with Gasteiger partial charge in [-0.25, -0.2) is 4.98 Å². The summed E-state index contributed by atoms with van der Waals surface area (Å²) in [5, 5.41) is 0. The normalized spacial score (nSPS) is 12.5. The maximum absolute atomic E-state index is 11.5. The van der Waals surface area contributed by atoms with E-state index in [4.69, 9.17) is 5.73 Å². The third-order valence-electron chi connectivity index (χ3n) is 2.30. The second-order valence-electron chi connectivity index (χ2n) is 3.62. The summed E-state index contributed by atoms with van der Waals surface area (Å²) >= 11 is 0. The van der Waals surface area contributed by atoms with Gasteiger partial charge < -0.3 is 15.6 Å². The summed E-state index contributed by atoms with van der Waals surface area (Å²) in [6.45, 7) is 6.18. The van der Waals surface area contributed by atoms with Gasteiger partial charge in [0, 0.05) is 25.5 Å². The van der Waals surface area contributed by atoms with Crippen LogP contribution in [0.3, 0.4) is 0 Å². The number of rotatable bonds is 5. The van der Waals surface area contributed by atoms with E-state index in [1.807, 2.05) is 11.8 Å². The molecule has 1 atom stereocenters. The largest absolute Gasteiger partial charge is 0.352 e. The zero-order chi connectivity index (χ0) is 11.3. The number of H-pyrrole nitrogens is 1. The van der Waals surface area contributed by atoms with E-state index < -0.39 is 0 Å². The van der Waals surface area contributed by atoms with E-state index in [0.29, 0.717) is 18.3 Å². The average Bonchev–Trinajstić information content (AvgIpc) is 2.26. The molecule has 0 spiro atoms. The van der Waals surface area contributed by atoms with E-state index >= 15 is 0 Å². The van der Waals surface area contributed by atoms with Crippen LogP contribution < -0.4 is 16.2 Å². The first-order valence-electron chi connectivity index (χ1n) is 5.17. The van der Waals surface area contributed by atoms with Crippen LogP contribution in [0.1, 0.15) is 13.8 Å². The Morgan fingerprint density at radius 1 is 1.67 bits per heavy atom. The van der Waals surface area contributed by atoms with Crippen LogP contribution in [0.15, 0.2) is 17.2 Å². The summed E-state index contributed by atoms with van der Waals surface area (Å²) in [5.74, 6) is 0.826. The molecule has 1 aromatic rings. The van der Waals surface area contributed by atoms with Crippen LogP contribution >= 0.6 is 0 Å². The van der Waals surface area contributed by atoms with Crippen molar-refractivity contribution < 1.29 is 0 Å². The molecule has 5 nitrogen and oxygen atoms in total. The van der Waals surface area contributed by atoms with E-state index in [-0.39, 0.29) is 5.56 Å². The summed E-state index contributed by atoms with van der Waals surface area (Å²) in [4.78, 5) is 20.1. The van der Waals surface area contributed by atoms with Crippen LogP contribution in [-0.4, -0.2) is 29.6 Å². The van der Waals surface area contributed by atoms with Gasteiger partial charge in [-0.3, -0.25) is 4.79 Å². The average molecular weight is 210 g/mol. The Morgan fingerprint density at radius 2 is 2.40 bits per heavy atom. The van der Waals surface area contributed by atoms with Crippen molar-refractivity contribution in [3.05, 3.63) is 22.7 Å². The highest BCUT2D eigenvalue weighted by Crippen LogP contribution is 2.05. The van der Waals surface area contributed by atoms with Gasteiger partial charge in [-0.2, -0.15) is 0 Å². The first-order valence-corrected chi connectivity index (χ1v) is 5.17. The molecule has 1 heterocycles. The standard InChI is InChI=1S/C10H18N4O/c1-3-14(7-8(2)6-11)9-10(15)13-5-4-12-9/h4-5,8H,3,6-7,11H2,1-2H3,(H,13,15). The molecule has 0 aliphatic rings. The zero-order valence-electron chi connectivity index (χ0n) is 9.23. The molecule has 0 bridgehead atoms. The Labute approximate surface area is 89.3 Å². The van der Waals surface area contributed by atoms with Crippen molar-refractivity contribution in [1.82, 2.24) is 9.97 Å². The van der Waals surface area contributed by atoms with E-state index in [1.54, 1.807) is 6.20 Å². The summed E-state index contributed by atoms with van der Waals surface area (Å²) in [6, 6.07) is 0. The van der Waals surface area contributed by atoms with Crippen LogP contribution in [-0.2, 0) is 0 Å². The number of nitrogens with zero attached hydrogens (tertiary/aromatic N) is 2. The first kappa shape index (κ1) is 11.7. The lowest BCUT2D eigenvalue weighted by molar-refractivity contribution is 0.571. The van der Waals surface area contributed by atoms with Crippen molar-refractivity contribution in [1.29, 1.82) is 0 Å². The van der Waals surface area contributed by atoms with Gasteiger partial charge in [0.2, 0.25) is 0 Å². The van der Waals surface area contributed by atoms with Gasteiger partial charge in [0.1, 0.15) is 0 Å². The Balaban J connectivity index is 2.83. The van der Waals surface area contributed by atoms with Crippen LogP contribution in [0.5, 0.6) is 0 Å². The van der Waals surface area contributed by atoms with Crippen LogP contribution in [0, 0.1) is 5.92 Å². The summed E-state index contributed by atoms with van der Waals surface area (Å²) in [5.41, 5.74) is 5.41. The fourth-order valence-electron chi connectivity index (χ4n) is 1.39. The first-order chi connectivity index (χ1) is 7.19. The molecule has 15 heavy (non-hydrogen) atoms. The highest BCUT2D eigenvalue weighted by atomic mass is 16.1. The van der Waals surface area contributed by atoms with E-state index in [0.717, 1.165) is 13.1 Å². The lowest BCUT2D eigenvalue weighted by atomic mass is 10.1. The van der Waals surface area contributed by atoms with Crippen molar-refractivity contribution in [3.8, 4) is 0 Å². The maximum atomic E-state index is 11.5. The molecule has 0 aromatic carbocycles. The highest BCUT2D eigenvalue weighted by Gasteiger charge is 2.12. The second kappa shape index (κ2) is 5.50. The van der Waals surface area contributed by atoms with Gasteiger partial charge in [0.15, 0.2) is 5.82 Å². The highest BCUT2D eigenvalue weighted by molar-refractivity contribution is 5.34. The number of nitrogens with one attached hydrogen (secondary N) is 1. The Morgan fingerprint density at radius 3 is 2.93 bits per heavy atom. The zero-order valence-corrected chi connectivity index (χ0v) is 9.23. The molecule has 0 radical (unpaired) electrons. The van der Waals surface area contributed by atoms with Crippen molar-refractivity contribution in [2.24, 2.45) is 11.7 Å². The number of anilines is 1. The van der Waals surface area contributed by atoms with Gasteiger partial charge in [-0.1, -0.05) is 6.92 Å². The minimum Gasteiger partial charge on any atom is -0.352 e. The second-order valence-corrected chi connectivity index (χ2v) is 3.62. The fourth-order valence-corrected chi connectivity index (χ4v) is 1.39. The minimum atomic E-state index is -0.149. The predicted molar refractivity (Wildman–Crippen MR) is 61.0 cm³/mol. The smallest absolute Gasteiger partial charge is 0.290 e. The molecule has 3 N–H and O–H groups in total. The molecule has 0 aliphatic heterocycles. The maximum Gasteiger partial charge on any atom is 0.290 e. The van der Waals surface area contributed by atoms with Crippen LogP contribution in [0.25, 0.3) is 0 Å². The Bertz CT molecular complexity index is 349. The van der Waals surface area contributed by atoms with Gasteiger partial charge in [0.25, 0.3) is 5.56 Å². The molecule has 0 saturated carbocycles. The van der Waals surface area contributed by atoms with Crippen molar-refractivity contribution >= 4 is 5.82 Å². The van der Waals surface area contributed by atoms with Gasteiger partial charge in [0.05, 0.1) is 0 Å². The van der Waals surface area contributed by atoms with Crippen molar-refractivity contribution in [2.75, 3.05) is 24.5 Å². The third kappa shape index (κ3) is 3.06. The van der Waals surface area contributed by atoms with Crippen molar-refractivity contribution in [3.63, 3.8) is 0 Å². The van der Waals surface area contributed by atoms with Crippen molar-refractivity contribution in [2.45, 2.75) is 13.8 Å². The molecule has 0 saturated heterocycles. The molecule has 5 heteroatoms. The van der Waals surface area contributed by atoms with E-state index in [9.17, 15) is 4.79 Å². The van der Waals surface area contributed by atoms with Gasteiger partial charge >= 0.3 is 0 Å². The molecule has 1 aromatic heterocycles. The lowest BCUT2D eigenvalue weighted by Crippen LogP contribution is -2.35. The van der Waals surface area contributed by atoms with Crippen LogP contribution in [0.4, 0.5) is 5.82 Å². The Kier molecular flexibility index (Phi) is 4.30. The molecule has 1 unspecified atom stereocenters. The number of aromatic amines is 1. The molecular weight excluding hydrogens is 192 g/mol. The number of nitrogens with two attached hydrogens (primary N) is 1. The quantitative estimate of drug-likeness (QED) is 0.727. The summed E-state index contributed by atoms with van der Waals surface area (Å²) < 4.78 is 0. The monoisotopic (exact) mass is 210 g/mol. The van der Waals surface area contributed by atoms with Crippen LogP contribution in [0.2, 0.25) is 0 Å². The van der Waals surface area contributed by atoms with Gasteiger partial charge in [-0.15, -0.1) is 0 Å². The molecular formula is C10H18N4O. The number of hydrogen-bond donors (Lipinski definition) is 2. The lowest BCUT2D eigenvalue weighted by Gasteiger charge is -2.23. The molecule has 0 amide bonds. The molecule has 84 valence electrons. The number of aromatic nitrogens is 2. The van der Waals surface area contributed by atoms with Gasteiger partial charge in [-0.05, 0) is 19.4 Å². The topological polar surface area (TPSA) is 75.0 Å². The fraction of sp³-hybridized carbons (Fsp3) is 0.600. The minimum absolute atomic E-state index is 0.149. The van der Waals surface area contributed by atoms with E-state index in [2.05, 4.69) is 16.9 Å².